The van der Waals surface area contributed by atoms with Gasteiger partial charge >= 0.3 is 0 Å². The van der Waals surface area contributed by atoms with Crippen molar-refractivity contribution in [2.24, 2.45) is 0 Å². The van der Waals surface area contributed by atoms with Gasteiger partial charge < -0.3 is 10.0 Å². The molecule has 27 heavy (non-hydrogen) atoms. The summed E-state index contributed by atoms with van der Waals surface area (Å²) in [5.74, 6) is 0.0594. The number of benzene rings is 2. The molecule has 0 bridgehead atoms. The number of rotatable bonds is 3. The Morgan fingerprint density at radius 1 is 0.926 bits per heavy atom. The van der Waals surface area contributed by atoms with Crippen molar-refractivity contribution in [2.75, 3.05) is 18.0 Å². The number of nitrogens with zero attached hydrogens (tertiary/aromatic N) is 3. The third-order valence-electron chi connectivity index (χ3n) is 5.04. The third-order valence-corrected chi connectivity index (χ3v) is 5.04. The predicted molar refractivity (Wildman–Crippen MR) is 99.2 cm³/mol. The Morgan fingerprint density at radius 2 is 1.67 bits per heavy atom. The van der Waals surface area contributed by atoms with E-state index in [-0.39, 0.29) is 11.6 Å². The Morgan fingerprint density at radius 3 is 2.37 bits per heavy atom. The van der Waals surface area contributed by atoms with Crippen LogP contribution in [0, 0.1) is 11.6 Å². The smallest absolute Gasteiger partial charge is 0.147 e. The number of hydrogen-bond donors (Lipinski definition) is 1. The van der Waals surface area contributed by atoms with E-state index < -0.39 is 5.60 Å². The van der Waals surface area contributed by atoms with E-state index >= 15 is 0 Å². The minimum absolute atomic E-state index is 0.316. The van der Waals surface area contributed by atoms with Gasteiger partial charge in [-0.1, -0.05) is 24.3 Å². The Balaban J connectivity index is 1.51. The van der Waals surface area contributed by atoms with Crippen LogP contribution in [0.4, 0.5) is 14.6 Å². The molecular weight excluding hydrogens is 348 g/mol. The van der Waals surface area contributed by atoms with Crippen molar-refractivity contribution in [3.63, 3.8) is 0 Å². The monoisotopic (exact) mass is 367 g/mol. The molecule has 0 spiro atoms. The molecule has 6 heteroatoms. The first-order valence-corrected chi connectivity index (χ1v) is 8.85. The third kappa shape index (κ3) is 3.66. The first-order chi connectivity index (χ1) is 13.0. The van der Waals surface area contributed by atoms with Crippen LogP contribution in [-0.2, 0) is 5.60 Å². The van der Waals surface area contributed by atoms with Gasteiger partial charge in [0, 0.05) is 18.7 Å². The van der Waals surface area contributed by atoms with Gasteiger partial charge in [0.2, 0.25) is 0 Å². The lowest BCUT2D eigenvalue weighted by atomic mass is 9.84. The standard InChI is InChI=1S/C21H19F2N3O/c22-17-6-4-16(5-7-17)21(27)8-10-26(11-9-21)20-14-24-13-19(25-20)15-2-1-3-18(23)12-15/h1-7,12-14,27H,8-11H2. The average Bonchev–Trinajstić information content (AvgIpc) is 2.69. The predicted octanol–water partition coefficient (Wildman–Crippen LogP) is 3.91. The van der Waals surface area contributed by atoms with Gasteiger partial charge in [-0.05, 0) is 42.7 Å². The Bertz CT molecular complexity index is 938. The molecule has 1 N–H and O–H groups in total. The van der Waals surface area contributed by atoms with Crippen LogP contribution in [-0.4, -0.2) is 28.2 Å². The average molecular weight is 367 g/mol. The topological polar surface area (TPSA) is 49.2 Å². The van der Waals surface area contributed by atoms with Crippen LogP contribution >= 0.6 is 0 Å². The lowest BCUT2D eigenvalue weighted by molar-refractivity contribution is 0.0116. The maximum Gasteiger partial charge on any atom is 0.147 e. The zero-order valence-electron chi connectivity index (χ0n) is 14.6. The molecule has 1 aliphatic heterocycles. The molecular formula is C21H19F2N3O. The van der Waals surface area contributed by atoms with E-state index in [9.17, 15) is 13.9 Å². The first-order valence-electron chi connectivity index (χ1n) is 8.85. The van der Waals surface area contributed by atoms with Crippen LogP contribution in [0.5, 0.6) is 0 Å². The Hall–Kier alpha value is -2.86. The molecule has 0 radical (unpaired) electrons. The number of piperidine rings is 1. The van der Waals surface area contributed by atoms with E-state index in [1.54, 1.807) is 36.7 Å². The molecule has 1 aliphatic rings. The minimum atomic E-state index is -0.974. The second kappa shape index (κ2) is 7.04. The molecule has 0 atom stereocenters. The van der Waals surface area contributed by atoms with Crippen LogP contribution in [0.1, 0.15) is 18.4 Å². The summed E-state index contributed by atoms with van der Waals surface area (Å²) in [5, 5.41) is 10.9. The largest absolute Gasteiger partial charge is 0.385 e. The summed E-state index contributed by atoms with van der Waals surface area (Å²) in [6.07, 6.45) is 4.29. The highest BCUT2D eigenvalue weighted by molar-refractivity contribution is 5.60. The van der Waals surface area contributed by atoms with Crippen LogP contribution in [0.15, 0.2) is 60.9 Å². The van der Waals surface area contributed by atoms with Gasteiger partial charge in [0.05, 0.1) is 23.7 Å². The highest BCUT2D eigenvalue weighted by atomic mass is 19.1. The molecule has 0 aliphatic carbocycles. The Kier molecular flexibility index (Phi) is 4.58. The molecule has 0 saturated carbocycles. The zero-order chi connectivity index (χ0) is 18.9. The first kappa shape index (κ1) is 17.5. The number of aromatic nitrogens is 2. The van der Waals surface area contributed by atoms with Crippen molar-refractivity contribution in [3.05, 3.63) is 78.1 Å². The van der Waals surface area contributed by atoms with Crippen molar-refractivity contribution < 1.29 is 13.9 Å². The summed E-state index contributed by atoms with van der Waals surface area (Å²) < 4.78 is 26.6. The molecule has 2 heterocycles. The van der Waals surface area contributed by atoms with E-state index in [1.807, 2.05) is 4.90 Å². The fourth-order valence-electron chi connectivity index (χ4n) is 3.45. The van der Waals surface area contributed by atoms with Crippen molar-refractivity contribution in [1.29, 1.82) is 0 Å². The Labute approximate surface area is 156 Å². The molecule has 0 amide bonds. The summed E-state index contributed by atoms with van der Waals surface area (Å²) in [5.41, 5.74) is 1.02. The van der Waals surface area contributed by atoms with E-state index in [0.29, 0.717) is 43.0 Å². The van der Waals surface area contributed by atoms with Crippen molar-refractivity contribution in [1.82, 2.24) is 9.97 Å². The second-order valence-electron chi connectivity index (χ2n) is 6.80. The summed E-state index contributed by atoms with van der Waals surface area (Å²) in [7, 11) is 0. The number of aliphatic hydroxyl groups is 1. The lowest BCUT2D eigenvalue weighted by Gasteiger charge is -2.39. The van der Waals surface area contributed by atoms with Crippen LogP contribution in [0.3, 0.4) is 0 Å². The SMILES string of the molecule is OC1(c2ccc(F)cc2)CCN(c2cncc(-c3cccc(F)c3)n2)CC1. The van der Waals surface area contributed by atoms with Crippen molar-refractivity contribution >= 4 is 5.82 Å². The van der Waals surface area contributed by atoms with Crippen molar-refractivity contribution in [2.45, 2.75) is 18.4 Å². The molecule has 2 aromatic carbocycles. The molecule has 4 rings (SSSR count). The molecule has 1 saturated heterocycles. The summed E-state index contributed by atoms with van der Waals surface area (Å²) in [6, 6.07) is 12.3. The molecule has 1 aromatic heterocycles. The fourth-order valence-corrected chi connectivity index (χ4v) is 3.45. The summed E-state index contributed by atoms with van der Waals surface area (Å²) >= 11 is 0. The number of halogens is 2. The van der Waals surface area contributed by atoms with Crippen LogP contribution < -0.4 is 4.90 Å². The highest BCUT2D eigenvalue weighted by Gasteiger charge is 2.34. The number of hydrogen-bond acceptors (Lipinski definition) is 4. The van der Waals surface area contributed by atoms with Gasteiger partial charge in [-0.2, -0.15) is 0 Å². The van der Waals surface area contributed by atoms with E-state index in [1.165, 1.54) is 24.3 Å². The maximum atomic E-state index is 13.5. The molecule has 3 aromatic rings. The fraction of sp³-hybridized carbons (Fsp3) is 0.238. The normalized spacial score (nSPS) is 16.3. The van der Waals surface area contributed by atoms with E-state index in [2.05, 4.69) is 9.97 Å². The van der Waals surface area contributed by atoms with Gasteiger partial charge in [-0.25, -0.2) is 13.8 Å². The molecule has 0 unspecified atom stereocenters. The number of anilines is 1. The van der Waals surface area contributed by atoms with Gasteiger partial charge in [0.25, 0.3) is 0 Å². The maximum absolute atomic E-state index is 13.5. The van der Waals surface area contributed by atoms with Crippen molar-refractivity contribution in [3.8, 4) is 11.3 Å². The van der Waals surface area contributed by atoms with E-state index in [4.69, 9.17) is 0 Å². The lowest BCUT2D eigenvalue weighted by Crippen LogP contribution is -2.43. The minimum Gasteiger partial charge on any atom is -0.385 e. The summed E-state index contributed by atoms with van der Waals surface area (Å²) in [6.45, 7) is 1.18. The van der Waals surface area contributed by atoms with Crippen LogP contribution in [0.2, 0.25) is 0 Å². The zero-order valence-corrected chi connectivity index (χ0v) is 14.6. The van der Waals surface area contributed by atoms with Gasteiger partial charge in [-0.3, -0.25) is 4.98 Å². The van der Waals surface area contributed by atoms with Gasteiger partial charge in [0.1, 0.15) is 17.5 Å². The van der Waals surface area contributed by atoms with Gasteiger partial charge in [-0.15, -0.1) is 0 Å². The molecule has 1 fully saturated rings. The second-order valence-corrected chi connectivity index (χ2v) is 6.80. The highest BCUT2D eigenvalue weighted by Crippen LogP contribution is 2.34. The molecule has 4 nitrogen and oxygen atoms in total. The van der Waals surface area contributed by atoms with Crippen LogP contribution in [0.25, 0.3) is 11.3 Å². The quantitative estimate of drug-likeness (QED) is 0.763. The summed E-state index contributed by atoms with van der Waals surface area (Å²) in [4.78, 5) is 10.9. The van der Waals surface area contributed by atoms with Gasteiger partial charge in [0.15, 0.2) is 0 Å². The van der Waals surface area contributed by atoms with E-state index in [0.717, 1.165) is 5.56 Å². The molecule has 138 valence electrons.